The summed E-state index contributed by atoms with van der Waals surface area (Å²) >= 11 is 0. The average molecular weight is 489 g/mol. The third-order valence-electron chi connectivity index (χ3n) is 6.00. The van der Waals surface area contributed by atoms with E-state index >= 15 is 0 Å². The van der Waals surface area contributed by atoms with Crippen molar-refractivity contribution in [2.75, 3.05) is 58.9 Å². The fourth-order valence-corrected chi connectivity index (χ4v) is 4.44. The lowest BCUT2D eigenvalue weighted by atomic mass is 10.1. The highest BCUT2D eigenvalue weighted by molar-refractivity contribution is 14.0. The molecule has 1 N–H and O–H groups in total. The van der Waals surface area contributed by atoms with Gasteiger partial charge in [-0.15, -0.1) is 24.0 Å². The van der Waals surface area contributed by atoms with Crippen LogP contribution in [0.15, 0.2) is 17.1 Å². The van der Waals surface area contributed by atoms with Gasteiger partial charge in [0.2, 0.25) is 0 Å². The second kappa shape index (κ2) is 13.0. The first-order valence-electron chi connectivity index (χ1n) is 11.0. The van der Waals surface area contributed by atoms with E-state index in [2.05, 4.69) is 39.1 Å². The van der Waals surface area contributed by atoms with Crippen LogP contribution in [0.3, 0.4) is 0 Å². The van der Waals surface area contributed by atoms with Crippen molar-refractivity contribution in [3.63, 3.8) is 0 Å². The smallest absolute Gasteiger partial charge is 0.193 e. The normalized spacial score (nSPS) is 24.4. The zero-order valence-corrected chi connectivity index (χ0v) is 19.6. The molecule has 3 rings (SSSR count). The Kier molecular flexibility index (Phi) is 11.0. The molecule has 2 fully saturated rings. The highest BCUT2D eigenvalue weighted by atomic mass is 127. The summed E-state index contributed by atoms with van der Waals surface area (Å²) < 4.78 is 0. The van der Waals surface area contributed by atoms with Crippen molar-refractivity contribution in [2.45, 2.75) is 57.9 Å². The Morgan fingerprint density at radius 2 is 1.81 bits per heavy atom. The predicted octanol–water partition coefficient (Wildman–Crippen LogP) is 3.17. The lowest BCUT2D eigenvalue weighted by molar-refractivity contribution is 0.224. The molecular weight excluding hydrogens is 449 g/mol. The summed E-state index contributed by atoms with van der Waals surface area (Å²) in [5.74, 6) is 1.14. The maximum absolute atomic E-state index is 4.92. The van der Waals surface area contributed by atoms with Crippen molar-refractivity contribution >= 4 is 29.9 Å². The van der Waals surface area contributed by atoms with Crippen LogP contribution < -0.4 is 5.32 Å². The quantitative estimate of drug-likeness (QED) is 0.187. The van der Waals surface area contributed by atoms with Gasteiger partial charge in [0.05, 0.1) is 0 Å². The minimum Gasteiger partial charge on any atom is -0.357 e. The standard InChI is InChI=1S/C21H39N5.HI/c1-2-22-21(26-18-11-20(19-26)25-16-9-10-17-25)23-12-5-3-6-13-24-14-7-4-8-15-24;/h9-10,20H,2-8,11-19H2,1H3,(H,22,23);1H. The summed E-state index contributed by atoms with van der Waals surface area (Å²) in [6.45, 7) is 12.6. The van der Waals surface area contributed by atoms with Crippen LogP contribution in [0, 0.1) is 0 Å². The molecule has 156 valence electrons. The summed E-state index contributed by atoms with van der Waals surface area (Å²) in [5, 5.41) is 3.51. The van der Waals surface area contributed by atoms with Gasteiger partial charge in [0.25, 0.3) is 0 Å². The number of hydrogen-bond acceptors (Lipinski definition) is 3. The molecule has 0 aliphatic carbocycles. The number of hydrogen-bond donors (Lipinski definition) is 1. The number of piperidine rings is 1. The molecule has 0 aromatic heterocycles. The lowest BCUT2D eigenvalue weighted by Crippen LogP contribution is -2.42. The molecule has 3 aliphatic heterocycles. The van der Waals surface area contributed by atoms with Gasteiger partial charge >= 0.3 is 0 Å². The number of halogens is 1. The third-order valence-corrected chi connectivity index (χ3v) is 6.00. The van der Waals surface area contributed by atoms with Crippen molar-refractivity contribution < 1.29 is 0 Å². The first kappa shape index (κ1) is 22.9. The van der Waals surface area contributed by atoms with Gasteiger partial charge in [-0.2, -0.15) is 0 Å². The second-order valence-electron chi connectivity index (χ2n) is 8.01. The third kappa shape index (κ3) is 7.54. The Bertz CT molecular complexity index is 453. The lowest BCUT2D eigenvalue weighted by Gasteiger charge is -2.26. The second-order valence-corrected chi connectivity index (χ2v) is 8.01. The maximum atomic E-state index is 4.92. The van der Waals surface area contributed by atoms with Crippen LogP contribution in [0.5, 0.6) is 0 Å². The van der Waals surface area contributed by atoms with E-state index in [9.17, 15) is 0 Å². The van der Waals surface area contributed by atoms with Crippen LogP contribution in [0.2, 0.25) is 0 Å². The minimum absolute atomic E-state index is 0. The Morgan fingerprint density at radius 1 is 1.04 bits per heavy atom. The van der Waals surface area contributed by atoms with E-state index in [4.69, 9.17) is 4.99 Å². The average Bonchev–Trinajstić information content (AvgIpc) is 3.36. The molecule has 1 atom stereocenters. The van der Waals surface area contributed by atoms with E-state index in [1.807, 2.05) is 0 Å². The van der Waals surface area contributed by atoms with Gasteiger partial charge < -0.3 is 15.1 Å². The van der Waals surface area contributed by atoms with Crippen molar-refractivity contribution in [3.8, 4) is 0 Å². The van der Waals surface area contributed by atoms with Gasteiger partial charge in [-0.05, 0) is 58.7 Å². The SMILES string of the molecule is CCNC(=NCCCCCN1CCCCC1)N1CCC(N2CC=CC2)C1.I. The van der Waals surface area contributed by atoms with Gasteiger partial charge in [-0.25, -0.2) is 0 Å². The van der Waals surface area contributed by atoms with Gasteiger partial charge in [0, 0.05) is 45.3 Å². The topological polar surface area (TPSA) is 34.1 Å². The molecule has 0 bridgehead atoms. The summed E-state index contributed by atoms with van der Waals surface area (Å²) in [4.78, 5) is 12.6. The Labute approximate surface area is 183 Å². The van der Waals surface area contributed by atoms with Gasteiger partial charge in [-0.3, -0.25) is 9.89 Å². The maximum Gasteiger partial charge on any atom is 0.193 e. The fourth-order valence-electron chi connectivity index (χ4n) is 4.44. The number of aliphatic imine (C=N–C) groups is 1. The van der Waals surface area contributed by atoms with E-state index in [1.165, 1.54) is 64.6 Å². The minimum atomic E-state index is 0. The zero-order chi connectivity index (χ0) is 18.0. The van der Waals surface area contributed by atoms with Crippen LogP contribution >= 0.6 is 24.0 Å². The highest BCUT2D eigenvalue weighted by Crippen LogP contribution is 2.18. The molecule has 3 aliphatic rings. The zero-order valence-electron chi connectivity index (χ0n) is 17.2. The number of likely N-dealkylation sites (tertiary alicyclic amines) is 2. The van der Waals surface area contributed by atoms with Gasteiger partial charge in [0.1, 0.15) is 0 Å². The Balaban J connectivity index is 0.00000261. The van der Waals surface area contributed by atoms with E-state index < -0.39 is 0 Å². The molecule has 0 amide bonds. The van der Waals surface area contributed by atoms with Gasteiger partial charge in [-0.1, -0.05) is 25.0 Å². The first-order chi connectivity index (χ1) is 12.9. The Hall–Kier alpha value is -0.340. The molecule has 0 saturated carbocycles. The highest BCUT2D eigenvalue weighted by Gasteiger charge is 2.29. The molecule has 0 aromatic rings. The molecule has 0 aromatic carbocycles. The number of rotatable bonds is 8. The number of unbranched alkanes of at least 4 members (excludes halogenated alkanes) is 2. The van der Waals surface area contributed by atoms with E-state index in [1.54, 1.807) is 0 Å². The molecule has 27 heavy (non-hydrogen) atoms. The summed E-state index contributed by atoms with van der Waals surface area (Å²) in [7, 11) is 0. The van der Waals surface area contributed by atoms with E-state index in [-0.39, 0.29) is 24.0 Å². The molecule has 6 heteroatoms. The summed E-state index contributed by atoms with van der Waals surface area (Å²) in [6, 6.07) is 0.693. The monoisotopic (exact) mass is 489 g/mol. The summed E-state index contributed by atoms with van der Waals surface area (Å²) in [6.07, 6.45) is 14.0. The molecule has 2 saturated heterocycles. The van der Waals surface area contributed by atoms with Crippen LogP contribution in [-0.2, 0) is 0 Å². The van der Waals surface area contributed by atoms with Crippen molar-refractivity contribution in [1.29, 1.82) is 0 Å². The van der Waals surface area contributed by atoms with Crippen LogP contribution in [0.25, 0.3) is 0 Å². The first-order valence-corrected chi connectivity index (χ1v) is 11.0. The Morgan fingerprint density at radius 3 is 2.56 bits per heavy atom. The number of guanidine groups is 1. The largest absolute Gasteiger partial charge is 0.357 e. The fraction of sp³-hybridized carbons (Fsp3) is 0.857. The van der Waals surface area contributed by atoms with Crippen molar-refractivity contribution in [3.05, 3.63) is 12.2 Å². The van der Waals surface area contributed by atoms with Crippen molar-refractivity contribution in [2.24, 2.45) is 4.99 Å². The van der Waals surface area contributed by atoms with Crippen molar-refractivity contribution in [1.82, 2.24) is 20.0 Å². The van der Waals surface area contributed by atoms with E-state index in [0.717, 1.165) is 45.2 Å². The predicted molar refractivity (Wildman–Crippen MR) is 126 cm³/mol. The molecule has 0 radical (unpaired) electrons. The molecule has 0 spiro atoms. The number of nitrogens with zero attached hydrogens (tertiary/aromatic N) is 4. The number of nitrogens with one attached hydrogen (secondary N) is 1. The molecule has 3 heterocycles. The van der Waals surface area contributed by atoms with E-state index in [0.29, 0.717) is 6.04 Å². The molecule has 1 unspecified atom stereocenters. The molecular formula is C21H40IN5. The summed E-state index contributed by atoms with van der Waals surface area (Å²) in [5.41, 5.74) is 0. The van der Waals surface area contributed by atoms with Crippen LogP contribution in [0.1, 0.15) is 51.9 Å². The van der Waals surface area contributed by atoms with Gasteiger partial charge in [0.15, 0.2) is 5.96 Å². The molecule has 5 nitrogen and oxygen atoms in total. The van der Waals surface area contributed by atoms with Crippen LogP contribution in [-0.4, -0.2) is 85.6 Å². The van der Waals surface area contributed by atoms with Crippen LogP contribution in [0.4, 0.5) is 0 Å².